The Morgan fingerprint density at radius 1 is 1.21 bits per heavy atom. The van der Waals surface area contributed by atoms with Crippen LogP contribution in [0.25, 0.3) is 10.8 Å². The summed E-state index contributed by atoms with van der Waals surface area (Å²) in [5, 5.41) is 9.79. The maximum atomic E-state index is 13.6. The van der Waals surface area contributed by atoms with Gasteiger partial charge in [0.25, 0.3) is 0 Å². The highest BCUT2D eigenvalue weighted by Crippen LogP contribution is 2.37. The van der Waals surface area contributed by atoms with Crippen LogP contribution in [-0.2, 0) is 6.42 Å². The van der Waals surface area contributed by atoms with Gasteiger partial charge in [-0.25, -0.2) is 4.39 Å². The third kappa shape index (κ3) is 2.72. The molecule has 0 saturated heterocycles. The predicted molar refractivity (Wildman–Crippen MR) is 61.6 cm³/mol. The number of phenolic OH excluding ortho intramolecular Hbond substituents is 1. The number of hydrogen-bond donors (Lipinski definition) is 1. The van der Waals surface area contributed by atoms with Gasteiger partial charge in [-0.2, -0.15) is 0 Å². The summed E-state index contributed by atoms with van der Waals surface area (Å²) in [4.78, 5) is 0. The topological polar surface area (TPSA) is 29.5 Å². The molecule has 19 heavy (non-hydrogen) atoms. The molecular weight excluding hydrogens is 264 g/mol. The van der Waals surface area contributed by atoms with Crippen LogP contribution in [0.3, 0.4) is 0 Å². The van der Waals surface area contributed by atoms with Crippen molar-refractivity contribution < 1.29 is 27.4 Å². The Morgan fingerprint density at radius 3 is 2.47 bits per heavy atom. The normalized spacial score (nSPS) is 11.8. The minimum absolute atomic E-state index is 0.0256. The number of aromatic hydroxyl groups is 1. The fourth-order valence-corrected chi connectivity index (χ4v) is 1.97. The maximum absolute atomic E-state index is 13.6. The summed E-state index contributed by atoms with van der Waals surface area (Å²) in [6.07, 6.45) is -4.64. The van der Waals surface area contributed by atoms with E-state index >= 15 is 0 Å². The second-order valence-electron chi connectivity index (χ2n) is 3.98. The van der Waals surface area contributed by atoms with Gasteiger partial charge in [-0.1, -0.05) is 13.0 Å². The van der Waals surface area contributed by atoms with Crippen LogP contribution in [0.2, 0.25) is 0 Å². The Labute approximate surface area is 106 Å². The zero-order valence-corrected chi connectivity index (χ0v) is 9.88. The van der Waals surface area contributed by atoms with Gasteiger partial charge in [-0.15, -0.1) is 13.2 Å². The first-order chi connectivity index (χ1) is 8.81. The van der Waals surface area contributed by atoms with E-state index in [-0.39, 0.29) is 16.5 Å². The van der Waals surface area contributed by atoms with Gasteiger partial charge in [0.1, 0.15) is 5.75 Å². The lowest BCUT2D eigenvalue weighted by molar-refractivity contribution is -0.275. The number of alkyl halides is 3. The van der Waals surface area contributed by atoms with Gasteiger partial charge in [-0.3, -0.25) is 0 Å². The minimum Gasteiger partial charge on any atom is -0.508 e. The van der Waals surface area contributed by atoms with Crippen molar-refractivity contribution in [3.8, 4) is 11.5 Å². The molecular formula is C13H10F4O2. The van der Waals surface area contributed by atoms with Crippen LogP contribution in [0.15, 0.2) is 24.3 Å². The molecule has 0 bridgehead atoms. The van der Waals surface area contributed by atoms with E-state index in [0.29, 0.717) is 12.0 Å². The number of phenols is 1. The van der Waals surface area contributed by atoms with Gasteiger partial charge in [0.2, 0.25) is 0 Å². The fraction of sp³-hybridized carbons (Fsp3) is 0.231. The highest BCUT2D eigenvalue weighted by atomic mass is 19.4. The van der Waals surface area contributed by atoms with Crippen molar-refractivity contribution in [3.05, 3.63) is 35.6 Å². The third-order valence-corrected chi connectivity index (χ3v) is 2.69. The van der Waals surface area contributed by atoms with Gasteiger partial charge in [0.15, 0.2) is 11.6 Å². The Morgan fingerprint density at radius 2 is 1.89 bits per heavy atom. The van der Waals surface area contributed by atoms with Crippen molar-refractivity contribution in [2.75, 3.05) is 0 Å². The zero-order valence-electron chi connectivity index (χ0n) is 9.88. The lowest BCUT2D eigenvalue weighted by Crippen LogP contribution is -2.18. The van der Waals surface area contributed by atoms with E-state index in [1.165, 1.54) is 18.2 Å². The summed E-state index contributed by atoms with van der Waals surface area (Å²) in [5.74, 6) is -2.04. The number of aryl methyl sites for hydroxylation is 1. The van der Waals surface area contributed by atoms with E-state index in [1.54, 1.807) is 6.92 Å². The van der Waals surface area contributed by atoms with Crippen LogP contribution in [0.5, 0.6) is 11.5 Å². The van der Waals surface area contributed by atoms with Crippen LogP contribution < -0.4 is 4.74 Å². The number of benzene rings is 2. The lowest BCUT2D eigenvalue weighted by Gasteiger charge is -2.15. The van der Waals surface area contributed by atoms with Crippen molar-refractivity contribution in [1.82, 2.24) is 0 Å². The molecule has 0 atom stereocenters. The molecule has 2 rings (SSSR count). The van der Waals surface area contributed by atoms with Crippen LogP contribution in [0.4, 0.5) is 17.6 Å². The molecule has 0 amide bonds. The summed E-state index contributed by atoms with van der Waals surface area (Å²) in [5.41, 5.74) is 0.383. The minimum atomic E-state index is -4.97. The Balaban J connectivity index is 2.77. The molecule has 0 aromatic heterocycles. The molecule has 0 aliphatic heterocycles. The lowest BCUT2D eigenvalue weighted by atomic mass is 10.0. The largest absolute Gasteiger partial charge is 0.573 e. The van der Waals surface area contributed by atoms with Gasteiger partial charge >= 0.3 is 6.36 Å². The van der Waals surface area contributed by atoms with Gasteiger partial charge < -0.3 is 9.84 Å². The summed E-state index contributed by atoms with van der Waals surface area (Å²) < 4.78 is 54.3. The Kier molecular flexibility index (Phi) is 3.26. The SMILES string of the molecule is CCc1cc(O)cc2ccc(F)c(OC(F)(F)F)c12. The first-order valence-corrected chi connectivity index (χ1v) is 5.51. The summed E-state index contributed by atoms with van der Waals surface area (Å²) in [6.45, 7) is 1.69. The molecule has 102 valence electrons. The molecule has 0 aliphatic rings. The fourth-order valence-electron chi connectivity index (χ4n) is 1.97. The van der Waals surface area contributed by atoms with E-state index in [9.17, 15) is 22.7 Å². The van der Waals surface area contributed by atoms with Gasteiger partial charge in [0, 0.05) is 5.39 Å². The highest BCUT2D eigenvalue weighted by Gasteiger charge is 2.33. The van der Waals surface area contributed by atoms with Crippen LogP contribution in [0.1, 0.15) is 12.5 Å². The number of ether oxygens (including phenoxy) is 1. The number of fused-ring (bicyclic) bond motifs is 1. The Hall–Kier alpha value is -1.98. The first-order valence-electron chi connectivity index (χ1n) is 5.51. The average molecular weight is 274 g/mol. The monoisotopic (exact) mass is 274 g/mol. The predicted octanol–water partition coefficient (Wildman–Crippen LogP) is 4.15. The van der Waals surface area contributed by atoms with E-state index in [4.69, 9.17) is 0 Å². The van der Waals surface area contributed by atoms with E-state index < -0.39 is 17.9 Å². The molecule has 1 N–H and O–H groups in total. The zero-order chi connectivity index (χ0) is 14.2. The van der Waals surface area contributed by atoms with Crippen molar-refractivity contribution in [3.63, 3.8) is 0 Å². The molecule has 2 nitrogen and oxygen atoms in total. The average Bonchev–Trinajstić information content (AvgIpc) is 2.30. The molecule has 0 heterocycles. The maximum Gasteiger partial charge on any atom is 0.573 e. The van der Waals surface area contributed by atoms with E-state index in [2.05, 4.69) is 4.74 Å². The molecule has 2 aromatic rings. The second kappa shape index (κ2) is 4.60. The van der Waals surface area contributed by atoms with Crippen LogP contribution in [-0.4, -0.2) is 11.5 Å². The quantitative estimate of drug-likeness (QED) is 0.834. The first kappa shape index (κ1) is 13.5. The number of halogens is 4. The van der Waals surface area contributed by atoms with Crippen molar-refractivity contribution in [2.24, 2.45) is 0 Å². The number of rotatable bonds is 2. The molecule has 0 radical (unpaired) electrons. The van der Waals surface area contributed by atoms with Gasteiger partial charge in [0.05, 0.1) is 0 Å². The molecule has 0 saturated carbocycles. The van der Waals surface area contributed by atoms with Gasteiger partial charge in [-0.05, 0) is 35.6 Å². The molecule has 0 spiro atoms. The molecule has 0 aliphatic carbocycles. The highest BCUT2D eigenvalue weighted by molar-refractivity contribution is 5.92. The summed E-state index contributed by atoms with van der Waals surface area (Å²) in [7, 11) is 0. The molecule has 0 unspecified atom stereocenters. The summed E-state index contributed by atoms with van der Waals surface area (Å²) in [6, 6.07) is 4.73. The third-order valence-electron chi connectivity index (χ3n) is 2.69. The molecule has 2 aromatic carbocycles. The van der Waals surface area contributed by atoms with Crippen LogP contribution in [0, 0.1) is 5.82 Å². The number of hydrogen-bond acceptors (Lipinski definition) is 2. The van der Waals surface area contributed by atoms with Crippen molar-refractivity contribution >= 4 is 10.8 Å². The Bertz CT molecular complexity index is 620. The van der Waals surface area contributed by atoms with Crippen LogP contribution >= 0.6 is 0 Å². The molecule has 6 heteroatoms. The van der Waals surface area contributed by atoms with Crippen molar-refractivity contribution in [2.45, 2.75) is 19.7 Å². The van der Waals surface area contributed by atoms with E-state index in [0.717, 1.165) is 6.07 Å². The van der Waals surface area contributed by atoms with E-state index in [1.807, 2.05) is 0 Å². The van der Waals surface area contributed by atoms with Crippen molar-refractivity contribution in [1.29, 1.82) is 0 Å². The standard InChI is InChI=1S/C13H10F4O2/c1-2-7-5-9(18)6-8-3-4-10(14)12(11(7)8)19-13(15,16)17/h3-6,18H,2H2,1H3. The second-order valence-corrected chi connectivity index (χ2v) is 3.98. The smallest absolute Gasteiger partial charge is 0.508 e. The molecule has 0 fully saturated rings. The summed E-state index contributed by atoms with van der Waals surface area (Å²) >= 11 is 0.